The molecule has 0 radical (unpaired) electrons. The molecule has 184 valence electrons. The Morgan fingerprint density at radius 3 is 2.22 bits per heavy atom. The Bertz CT molecular complexity index is 1300. The lowest BCUT2D eigenvalue weighted by Gasteiger charge is -2.23. The molecule has 4 rings (SSSR count). The fraction of sp³-hybridized carbons (Fsp3) is 0.207. The van der Waals surface area contributed by atoms with Gasteiger partial charge >= 0.3 is 0 Å². The molecular formula is C29H29FN4O2. The summed E-state index contributed by atoms with van der Waals surface area (Å²) in [5, 5.41) is 2.86. The molecule has 0 atom stereocenters. The lowest BCUT2D eigenvalue weighted by Crippen LogP contribution is -2.38. The number of anilines is 1. The second-order valence-corrected chi connectivity index (χ2v) is 9.04. The lowest BCUT2D eigenvalue weighted by molar-refractivity contribution is -0.136. The molecule has 0 fully saturated rings. The first-order valence-corrected chi connectivity index (χ1v) is 11.9. The Labute approximate surface area is 210 Å². The first-order chi connectivity index (χ1) is 17.4. The number of aromatic nitrogens is 2. The second-order valence-electron chi connectivity index (χ2n) is 9.04. The molecule has 0 aliphatic heterocycles. The third-order valence-corrected chi connectivity index (χ3v) is 5.62. The quantitative estimate of drug-likeness (QED) is 0.332. The predicted molar refractivity (Wildman–Crippen MR) is 139 cm³/mol. The fourth-order valence-electron chi connectivity index (χ4n) is 3.87. The van der Waals surface area contributed by atoms with Gasteiger partial charge in [0, 0.05) is 30.4 Å². The Kier molecular flexibility index (Phi) is 7.90. The molecule has 0 spiro atoms. The minimum absolute atomic E-state index is 0.0872. The molecule has 1 N–H and O–H groups in total. The average molecular weight is 485 g/mol. The van der Waals surface area contributed by atoms with E-state index in [1.807, 2.05) is 74.5 Å². The van der Waals surface area contributed by atoms with Crippen molar-refractivity contribution in [2.45, 2.75) is 26.8 Å². The van der Waals surface area contributed by atoms with Crippen molar-refractivity contribution in [2.24, 2.45) is 5.92 Å². The van der Waals surface area contributed by atoms with Crippen LogP contribution in [0.4, 0.5) is 10.3 Å². The van der Waals surface area contributed by atoms with Crippen molar-refractivity contribution in [1.82, 2.24) is 14.5 Å². The summed E-state index contributed by atoms with van der Waals surface area (Å²) in [4.78, 5) is 32.3. The summed E-state index contributed by atoms with van der Waals surface area (Å²) < 4.78 is 15.2. The van der Waals surface area contributed by atoms with Crippen LogP contribution in [0.5, 0.6) is 0 Å². The highest BCUT2D eigenvalue weighted by Crippen LogP contribution is 2.24. The van der Waals surface area contributed by atoms with E-state index in [4.69, 9.17) is 0 Å². The molecule has 0 saturated heterocycles. The summed E-state index contributed by atoms with van der Waals surface area (Å²) in [5.74, 6) is -0.341. The van der Waals surface area contributed by atoms with Gasteiger partial charge in [-0.3, -0.25) is 19.5 Å². The Hall–Kier alpha value is -4.26. The van der Waals surface area contributed by atoms with Gasteiger partial charge in [-0.25, -0.2) is 9.37 Å². The fourth-order valence-corrected chi connectivity index (χ4v) is 3.87. The maximum absolute atomic E-state index is 13.5. The van der Waals surface area contributed by atoms with Crippen LogP contribution in [0.1, 0.15) is 25.8 Å². The van der Waals surface area contributed by atoms with E-state index in [9.17, 15) is 14.0 Å². The van der Waals surface area contributed by atoms with Crippen LogP contribution in [0.2, 0.25) is 0 Å². The highest BCUT2D eigenvalue weighted by atomic mass is 19.1. The Morgan fingerprint density at radius 2 is 1.58 bits per heavy atom. The number of nitrogens with zero attached hydrogens (tertiary/aromatic N) is 3. The number of nitrogens with one attached hydrogen (secondary N) is 1. The monoisotopic (exact) mass is 484 g/mol. The molecule has 6 nitrogen and oxygen atoms in total. The number of carbonyl (C=O) groups excluding carboxylic acids is 2. The molecule has 1 heterocycles. The maximum Gasteiger partial charge on any atom is 0.246 e. The molecule has 4 aromatic rings. The van der Waals surface area contributed by atoms with Crippen molar-refractivity contribution in [3.63, 3.8) is 0 Å². The van der Waals surface area contributed by atoms with Crippen molar-refractivity contribution in [3.05, 3.63) is 103 Å². The van der Waals surface area contributed by atoms with Gasteiger partial charge in [0.15, 0.2) is 0 Å². The second kappa shape index (κ2) is 11.4. The minimum Gasteiger partial charge on any atom is -0.329 e. The highest BCUT2D eigenvalue weighted by Gasteiger charge is 2.21. The van der Waals surface area contributed by atoms with Gasteiger partial charge in [0.1, 0.15) is 12.4 Å². The maximum atomic E-state index is 13.5. The van der Waals surface area contributed by atoms with Gasteiger partial charge in [-0.05, 0) is 35.7 Å². The smallest absolute Gasteiger partial charge is 0.246 e. The summed E-state index contributed by atoms with van der Waals surface area (Å²) >= 11 is 0. The van der Waals surface area contributed by atoms with E-state index in [-0.39, 0.29) is 30.1 Å². The number of imidazole rings is 1. The van der Waals surface area contributed by atoms with E-state index in [2.05, 4.69) is 10.3 Å². The molecule has 0 aliphatic rings. The summed E-state index contributed by atoms with van der Waals surface area (Å²) in [6.07, 6.45) is 2.15. The van der Waals surface area contributed by atoms with Gasteiger partial charge in [-0.15, -0.1) is 0 Å². The summed E-state index contributed by atoms with van der Waals surface area (Å²) in [6.45, 7) is 4.17. The molecule has 2 amide bonds. The van der Waals surface area contributed by atoms with E-state index in [0.29, 0.717) is 30.3 Å². The number of carbonyl (C=O) groups is 2. The van der Waals surface area contributed by atoms with Gasteiger partial charge in [0.05, 0.1) is 5.69 Å². The lowest BCUT2D eigenvalue weighted by atomic mass is 10.1. The zero-order valence-corrected chi connectivity index (χ0v) is 20.4. The number of hydrogen-bond donors (Lipinski definition) is 1. The van der Waals surface area contributed by atoms with Crippen LogP contribution in [0.3, 0.4) is 0 Å². The van der Waals surface area contributed by atoms with Gasteiger partial charge < -0.3 is 4.90 Å². The minimum atomic E-state index is -0.364. The number of amides is 2. The number of hydrogen-bond acceptors (Lipinski definition) is 3. The van der Waals surface area contributed by atoms with Crippen LogP contribution in [0, 0.1) is 11.7 Å². The van der Waals surface area contributed by atoms with Crippen LogP contribution >= 0.6 is 0 Å². The molecule has 0 unspecified atom stereocenters. The summed E-state index contributed by atoms with van der Waals surface area (Å²) in [6, 6.07) is 25.1. The molecule has 36 heavy (non-hydrogen) atoms. The van der Waals surface area contributed by atoms with Gasteiger partial charge in [0.2, 0.25) is 17.8 Å². The van der Waals surface area contributed by atoms with Crippen molar-refractivity contribution in [2.75, 3.05) is 11.9 Å². The van der Waals surface area contributed by atoms with E-state index < -0.39 is 0 Å². The number of benzene rings is 3. The van der Waals surface area contributed by atoms with Crippen LogP contribution in [-0.4, -0.2) is 32.8 Å². The van der Waals surface area contributed by atoms with Crippen molar-refractivity contribution in [3.8, 4) is 16.9 Å². The van der Waals surface area contributed by atoms with E-state index >= 15 is 0 Å². The van der Waals surface area contributed by atoms with Crippen molar-refractivity contribution in [1.29, 1.82) is 0 Å². The molecule has 0 saturated carbocycles. The normalized spacial score (nSPS) is 10.9. The number of halogens is 1. The largest absolute Gasteiger partial charge is 0.329 e. The molecule has 0 bridgehead atoms. The SMILES string of the molecule is CC(C)CC(=O)N(CC(=O)Nc1nc(-c2ccccc2)cn1-c1ccc(F)cc1)Cc1ccccc1. The van der Waals surface area contributed by atoms with Crippen molar-refractivity contribution >= 4 is 17.8 Å². The van der Waals surface area contributed by atoms with Crippen LogP contribution < -0.4 is 5.32 Å². The topological polar surface area (TPSA) is 67.2 Å². The Morgan fingerprint density at radius 1 is 0.944 bits per heavy atom. The van der Waals surface area contributed by atoms with E-state index in [1.165, 1.54) is 12.1 Å². The highest BCUT2D eigenvalue weighted by molar-refractivity contribution is 5.94. The third-order valence-electron chi connectivity index (χ3n) is 5.62. The average Bonchev–Trinajstić information content (AvgIpc) is 3.28. The predicted octanol–water partition coefficient (Wildman–Crippen LogP) is 5.69. The van der Waals surface area contributed by atoms with E-state index in [0.717, 1.165) is 11.1 Å². The summed E-state index contributed by atoms with van der Waals surface area (Å²) in [5.41, 5.74) is 3.14. The van der Waals surface area contributed by atoms with E-state index in [1.54, 1.807) is 27.8 Å². The Balaban J connectivity index is 1.59. The van der Waals surface area contributed by atoms with Gasteiger partial charge in [-0.2, -0.15) is 0 Å². The van der Waals surface area contributed by atoms with Crippen LogP contribution in [-0.2, 0) is 16.1 Å². The summed E-state index contributed by atoms with van der Waals surface area (Å²) in [7, 11) is 0. The molecule has 1 aromatic heterocycles. The zero-order valence-electron chi connectivity index (χ0n) is 20.4. The molecule has 3 aromatic carbocycles. The third kappa shape index (κ3) is 6.44. The van der Waals surface area contributed by atoms with Crippen LogP contribution in [0.25, 0.3) is 16.9 Å². The standard InChI is InChI=1S/C29H29FN4O2/c1-21(2)17-28(36)33(18-22-9-5-3-6-10-22)20-27(35)32-29-31-26(23-11-7-4-8-12-23)19-34(29)25-15-13-24(30)14-16-25/h3-16,19,21H,17-18,20H2,1-2H3,(H,31,32,35). The van der Waals surface area contributed by atoms with Gasteiger partial charge in [-0.1, -0.05) is 74.5 Å². The number of rotatable bonds is 9. The molecular weight excluding hydrogens is 455 g/mol. The van der Waals surface area contributed by atoms with Crippen molar-refractivity contribution < 1.29 is 14.0 Å². The van der Waals surface area contributed by atoms with Crippen LogP contribution in [0.15, 0.2) is 91.1 Å². The first kappa shape index (κ1) is 24.9. The van der Waals surface area contributed by atoms with Gasteiger partial charge in [0.25, 0.3) is 0 Å². The molecule has 7 heteroatoms. The zero-order chi connectivity index (χ0) is 25.5. The molecule has 0 aliphatic carbocycles. The first-order valence-electron chi connectivity index (χ1n) is 11.9.